The molecule has 0 aliphatic heterocycles. The van der Waals surface area contributed by atoms with Crippen molar-refractivity contribution in [2.24, 2.45) is 0 Å². The van der Waals surface area contributed by atoms with E-state index in [2.05, 4.69) is 0 Å². The molecule has 3 aromatic rings. The van der Waals surface area contributed by atoms with Crippen LogP contribution in [0, 0.1) is 0 Å². The lowest BCUT2D eigenvalue weighted by molar-refractivity contribution is 0.399. The Morgan fingerprint density at radius 2 is 1.38 bits per heavy atom. The predicted molar refractivity (Wildman–Crippen MR) is 84.2 cm³/mol. The number of benzene rings is 2. The fraction of sp³-hybridized carbons (Fsp3) is 0.118. The summed E-state index contributed by atoms with van der Waals surface area (Å²) in [6.45, 7) is 0. The maximum atomic E-state index is 12.3. The summed E-state index contributed by atoms with van der Waals surface area (Å²) in [6, 6.07) is 16.8. The van der Waals surface area contributed by atoms with E-state index < -0.39 is 0 Å². The first kappa shape index (κ1) is 16.6. The van der Waals surface area contributed by atoms with Crippen molar-refractivity contribution in [1.29, 1.82) is 0 Å². The van der Waals surface area contributed by atoms with Gasteiger partial charge in [-0.05, 0) is 17.7 Å². The van der Waals surface area contributed by atoms with Crippen LogP contribution < -0.4 is 5.43 Å². The Morgan fingerprint density at radius 3 is 2.05 bits per heavy atom. The van der Waals surface area contributed by atoms with E-state index in [-0.39, 0.29) is 5.43 Å². The molecule has 4 nitrogen and oxygen atoms in total. The Kier molecular flexibility index (Phi) is 6.87. The zero-order valence-corrected chi connectivity index (χ0v) is 12.0. The molecule has 0 aliphatic rings. The largest absolute Gasteiger partial charge is 0.463 e. The van der Waals surface area contributed by atoms with Gasteiger partial charge in [-0.15, -0.1) is 0 Å². The molecule has 2 aromatic carbocycles. The van der Waals surface area contributed by atoms with E-state index in [0.717, 1.165) is 19.8 Å². The predicted octanol–water partition coefficient (Wildman–Crippen LogP) is 2.68. The van der Waals surface area contributed by atoms with Crippen LogP contribution in [0.15, 0.2) is 70.1 Å². The monoisotopic (exact) mass is 286 g/mol. The number of fused-ring (bicyclic) bond motifs is 1. The Bertz CT molecular complexity index is 717. The van der Waals surface area contributed by atoms with Gasteiger partial charge in [0, 0.05) is 14.2 Å². The highest BCUT2D eigenvalue weighted by atomic mass is 16.3. The van der Waals surface area contributed by atoms with Crippen LogP contribution in [0.1, 0.15) is 0 Å². The van der Waals surface area contributed by atoms with Gasteiger partial charge >= 0.3 is 0 Å². The third-order valence-electron chi connectivity index (χ3n) is 2.76. The van der Waals surface area contributed by atoms with Crippen molar-refractivity contribution in [3.05, 3.63) is 71.1 Å². The zero-order chi connectivity index (χ0) is 15.7. The molecular formula is C17H18O4. The summed E-state index contributed by atoms with van der Waals surface area (Å²) in [6.07, 6.45) is 1.53. The molecule has 0 aliphatic carbocycles. The highest BCUT2D eigenvalue weighted by Gasteiger charge is 2.07. The lowest BCUT2D eigenvalue weighted by Gasteiger charge is -2.01. The Labute approximate surface area is 122 Å². The second-order valence-corrected chi connectivity index (χ2v) is 3.84. The van der Waals surface area contributed by atoms with Crippen LogP contribution in [0.5, 0.6) is 0 Å². The number of hydrogen-bond acceptors (Lipinski definition) is 4. The number of para-hydroxylation sites is 1. The highest BCUT2D eigenvalue weighted by molar-refractivity contribution is 5.81. The highest BCUT2D eigenvalue weighted by Crippen LogP contribution is 2.18. The van der Waals surface area contributed by atoms with E-state index in [1.165, 1.54) is 6.26 Å². The van der Waals surface area contributed by atoms with Gasteiger partial charge in [-0.25, -0.2) is 0 Å². The molecule has 0 spiro atoms. The third-order valence-corrected chi connectivity index (χ3v) is 2.76. The van der Waals surface area contributed by atoms with E-state index in [9.17, 15) is 4.79 Å². The first-order valence-corrected chi connectivity index (χ1v) is 6.32. The maximum Gasteiger partial charge on any atom is 0.200 e. The van der Waals surface area contributed by atoms with Crippen molar-refractivity contribution in [3.63, 3.8) is 0 Å². The van der Waals surface area contributed by atoms with Gasteiger partial charge in [0.15, 0.2) is 5.43 Å². The van der Waals surface area contributed by atoms with Crippen LogP contribution in [-0.2, 0) is 0 Å². The summed E-state index contributed by atoms with van der Waals surface area (Å²) in [5.74, 6) is 0. The van der Waals surface area contributed by atoms with Crippen LogP contribution in [0.2, 0.25) is 0 Å². The first-order chi connectivity index (χ1) is 10.4. The fourth-order valence-electron chi connectivity index (χ4n) is 1.89. The molecule has 1 heterocycles. The van der Waals surface area contributed by atoms with Gasteiger partial charge in [-0.3, -0.25) is 4.79 Å². The van der Waals surface area contributed by atoms with Gasteiger partial charge in [0.05, 0.1) is 10.9 Å². The van der Waals surface area contributed by atoms with Crippen molar-refractivity contribution in [2.45, 2.75) is 0 Å². The van der Waals surface area contributed by atoms with Crippen LogP contribution in [0.25, 0.3) is 22.1 Å². The summed E-state index contributed by atoms with van der Waals surface area (Å²) in [7, 11) is 2.00. The van der Waals surface area contributed by atoms with Crippen molar-refractivity contribution >= 4 is 11.0 Å². The molecular weight excluding hydrogens is 268 g/mol. The Balaban J connectivity index is 0.000000510. The smallest absolute Gasteiger partial charge is 0.200 e. The number of rotatable bonds is 1. The molecule has 2 N–H and O–H groups in total. The summed E-state index contributed by atoms with van der Waals surface area (Å²) in [4.78, 5) is 12.3. The Hall–Kier alpha value is -2.43. The minimum atomic E-state index is 0.0121. The van der Waals surface area contributed by atoms with Crippen LogP contribution >= 0.6 is 0 Å². The molecule has 21 heavy (non-hydrogen) atoms. The van der Waals surface area contributed by atoms with Gasteiger partial charge < -0.3 is 14.6 Å². The average molecular weight is 286 g/mol. The number of hydrogen-bond donors (Lipinski definition) is 2. The van der Waals surface area contributed by atoms with Gasteiger partial charge in [-0.1, -0.05) is 42.5 Å². The lowest BCUT2D eigenvalue weighted by atomic mass is 10.1. The standard InChI is InChI=1S/C15H10O2.2CH4O/c16-15-12-8-4-5-9-14(12)17-10-13(15)11-6-2-1-3-7-11;2*1-2/h1-10H;2*2H,1H3. The van der Waals surface area contributed by atoms with Gasteiger partial charge in [0.1, 0.15) is 11.8 Å². The molecule has 4 heteroatoms. The van der Waals surface area contributed by atoms with Crippen molar-refractivity contribution < 1.29 is 14.6 Å². The van der Waals surface area contributed by atoms with Crippen molar-refractivity contribution in [1.82, 2.24) is 0 Å². The molecule has 3 rings (SSSR count). The summed E-state index contributed by atoms with van der Waals surface area (Å²) >= 11 is 0. The molecule has 0 unspecified atom stereocenters. The van der Waals surface area contributed by atoms with E-state index in [1.807, 2.05) is 42.5 Å². The van der Waals surface area contributed by atoms with Gasteiger partial charge in [0.25, 0.3) is 0 Å². The zero-order valence-electron chi connectivity index (χ0n) is 12.0. The minimum absolute atomic E-state index is 0.0121. The maximum absolute atomic E-state index is 12.3. The lowest BCUT2D eigenvalue weighted by Crippen LogP contribution is -2.04. The molecule has 0 amide bonds. The van der Waals surface area contributed by atoms with Crippen LogP contribution in [0.4, 0.5) is 0 Å². The van der Waals surface area contributed by atoms with Crippen molar-refractivity contribution in [3.8, 4) is 11.1 Å². The van der Waals surface area contributed by atoms with E-state index >= 15 is 0 Å². The van der Waals surface area contributed by atoms with E-state index in [4.69, 9.17) is 14.6 Å². The molecule has 0 fully saturated rings. The minimum Gasteiger partial charge on any atom is -0.463 e. The quantitative estimate of drug-likeness (QED) is 0.721. The van der Waals surface area contributed by atoms with Crippen molar-refractivity contribution in [2.75, 3.05) is 14.2 Å². The first-order valence-electron chi connectivity index (χ1n) is 6.32. The van der Waals surface area contributed by atoms with Crippen LogP contribution in [0.3, 0.4) is 0 Å². The summed E-state index contributed by atoms with van der Waals surface area (Å²) < 4.78 is 5.48. The molecule has 0 radical (unpaired) electrons. The molecule has 0 saturated heterocycles. The summed E-state index contributed by atoms with van der Waals surface area (Å²) in [5.41, 5.74) is 2.12. The average Bonchev–Trinajstić information content (AvgIpc) is 2.60. The molecule has 0 atom stereocenters. The fourth-order valence-corrected chi connectivity index (χ4v) is 1.89. The van der Waals surface area contributed by atoms with Gasteiger partial charge in [-0.2, -0.15) is 0 Å². The normalized spacial score (nSPS) is 9.14. The van der Waals surface area contributed by atoms with E-state index in [0.29, 0.717) is 16.5 Å². The van der Waals surface area contributed by atoms with Crippen LogP contribution in [-0.4, -0.2) is 24.4 Å². The second-order valence-electron chi connectivity index (χ2n) is 3.84. The van der Waals surface area contributed by atoms with Gasteiger partial charge in [0.2, 0.25) is 0 Å². The molecule has 0 saturated carbocycles. The number of aliphatic hydroxyl groups excluding tert-OH is 2. The Morgan fingerprint density at radius 1 is 0.810 bits per heavy atom. The molecule has 110 valence electrons. The number of aliphatic hydroxyl groups is 2. The van der Waals surface area contributed by atoms with E-state index in [1.54, 1.807) is 12.1 Å². The topological polar surface area (TPSA) is 70.7 Å². The summed E-state index contributed by atoms with van der Waals surface area (Å²) in [5, 5.41) is 14.6. The third kappa shape index (κ3) is 3.78. The second kappa shape index (κ2) is 8.68. The molecule has 0 bridgehead atoms. The molecule has 1 aromatic heterocycles. The SMILES string of the molecule is CO.CO.O=c1c(-c2ccccc2)coc2ccccc12.